The third-order valence-electron chi connectivity index (χ3n) is 4.38. The quantitative estimate of drug-likeness (QED) is 0.530. The summed E-state index contributed by atoms with van der Waals surface area (Å²) in [7, 11) is 0. The van der Waals surface area contributed by atoms with Gasteiger partial charge in [0.2, 0.25) is 0 Å². The Bertz CT molecular complexity index is 1040. The van der Waals surface area contributed by atoms with Crippen LogP contribution in [-0.2, 0) is 4.79 Å². The van der Waals surface area contributed by atoms with Crippen molar-refractivity contribution >= 4 is 39.1 Å². The van der Waals surface area contributed by atoms with Gasteiger partial charge in [0.1, 0.15) is 5.75 Å². The fourth-order valence-electron chi connectivity index (χ4n) is 2.71. The molecule has 6 heteroatoms. The molecule has 0 spiro atoms. The summed E-state index contributed by atoms with van der Waals surface area (Å²) in [5, 5.41) is 5.65. The lowest BCUT2D eigenvalue weighted by atomic mass is 10.1. The molecule has 0 unspecified atom stereocenters. The molecule has 0 fully saturated rings. The number of benzene rings is 3. The van der Waals surface area contributed by atoms with Crippen molar-refractivity contribution in [2.75, 3.05) is 17.2 Å². The van der Waals surface area contributed by atoms with Gasteiger partial charge in [-0.2, -0.15) is 0 Å². The van der Waals surface area contributed by atoms with Gasteiger partial charge in [-0.05, 0) is 77.3 Å². The van der Waals surface area contributed by atoms with Crippen molar-refractivity contribution in [2.24, 2.45) is 0 Å². The van der Waals surface area contributed by atoms with Gasteiger partial charge in [-0.15, -0.1) is 0 Å². The zero-order chi connectivity index (χ0) is 20.8. The second-order valence-electron chi connectivity index (χ2n) is 6.57. The molecule has 29 heavy (non-hydrogen) atoms. The van der Waals surface area contributed by atoms with E-state index in [0.717, 1.165) is 15.6 Å². The first-order valence-corrected chi connectivity index (χ1v) is 9.88. The highest BCUT2D eigenvalue weighted by Crippen LogP contribution is 2.26. The Labute approximate surface area is 178 Å². The van der Waals surface area contributed by atoms with E-state index < -0.39 is 0 Å². The van der Waals surface area contributed by atoms with E-state index in [1.54, 1.807) is 36.4 Å². The SMILES string of the molecule is Cc1cc(Br)c(NC(=O)COc2ccccc2C(=O)Nc2ccccc2)cc1C. The Balaban J connectivity index is 1.66. The van der Waals surface area contributed by atoms with E-state index in [0.29, 0.717) is 22.7 Å². The molecule has 0 radical (unpaired) electrons. The average molecular weight is 453 g/mol. The van der Waals surface area contributed by atoms with E-state index in [9.17, 15) is 9.59 Å². The van der Waals surface area contributed by atoms with Crippen molar-refractivity contribution in [3.05, 3.63) is 87.9 Å². The number of carbonyl (C=O) groups is 2. The van der Waals surface area contributed by atoms with Crippen LogP contribution in [0.5, 0.6) is 5.75 Å². The molecule has 0 bridgehead atoms. The third-order valence-corrected chi connectivity index (χ3v) is 5.04. The lowest BCUT2D eigenvalue weighted by molar-refractivity contribution is -0.118. The van der Waals surface area contributed by atoms with Gasteiger partial charge >= 0.3 is 0 Å². The van der Waals surface area contributed by atoms with E-state index in [2.05, 4.69) is 26.6 Å². The fraction of sp³-hybridized carbons (Fsp3) is 0.130. The molecule has 3 aromatic carbocycles. The molecule has 5 nitrogen and oxygen atoms in total. The highest BCUT2D eigenvalue weighted by atomic mass is 79.9. The Hall–Kier alpha value is -3.12. The molecule has 3 aromatic rings. The number of nitrogens with one attached hydrogen (secondary N) is 2. The average Bonchev–Trinajstić information content (AvgIpc) is 2.71. The minimum Gasteiger partial charge on any atom is -0.483 e. The van der Waals surface area contributed by atoms with E-state index in [4.69, 9.17) is 4.74 Å². The van der Waals surface area contributed by atoms with Gasteiger partial charge in [0.25, 0.3) is 11.8 Å². The van der Waals surface area contributed by atoms with Gasteiger partial charge in [-0.1, -0.05) is 30.3 Å². The van der Waals surface area contributed by atoms with E-state index in [1.807, 2.05) is 44.2 Å². The van der Waals surface area contributed by atoms with Crippen LogP contribution in [0.15, 0.2) is 71.2 Å². The number of amides is 2. The maximum absolute atomic E-state index is 12.6. The highest BCUT2D eigenvalue weighted by Gasteiger charge is 2.14. The second kappa shape index (κ2) is 9.39. The van der Waals surface area contributed by atoms with Crippen LogP contribution in [0.2, 0.25) is 0 Å². The topological polar surface area (TPSA) is 67.4 Å². The summed E-state index contributed by atoms with van der Waals surface area (Å²) in [5.41, 5.74) is 3.93. The largest absolute Gasteiger partial charge is 0.483 e. The molecule has 0 aliphatic heterocycles. The standard InChI is InChI=1S/C23H21BrN2O3/c1-15-12-19(24)20(13-16(15)2)26-22(27)14-29-21-11-7-6-10-18(21)23(28)25-17-8-4-3-5-9-17/h3-13H,14H2,1-2H3,(H,25,28)(H,26,27). The molecule has 0 aliphatic rings. The molecular weight excluding hydrogens is 432 g/mol. The van der Waals surface area contributed by atoms with Crippen molar-refractivity contribution in [2.45, 2.75) is 13.8 Å². The minimum atomic E-state index is -0.313. The van der Waals surface area contributed by atoms with Crippen LogP contribution in [0.1, 0.15) is 21.5 Å². The molecule has 148 valence electrons. The van der Waals surface area contributed by atoms with Crippen LogP contribution in [0.25, 0.3) is 0 Å². The van der Waals surface area contributed by atoms with Crippen LogP contribution in [0, 0.1) is 13.8 Å². The van der Waals surface area contributed by atoms with Crippen LogP contribution < -0.4 is 15.4 Å². The molecule has 0 saturated carbocycles. The summed E-state index contributed by atoms with van der Waals surface area (Å²) < 4.78 is 6.44. The van der Waals surface area contributed by atoms with Crippen molar-refractivity contribution in [1.29, 1.82) is 0 Å². The van der Waals surface area contributed by atoms with Gasteiger partial charge in [0.15, 0.2) is 6.61 Å². The van der Waals surface area contributed by atoms with Crippen molar-refractivity contribution < 1.29 is 14.3 Å². The molecule has 0 aromatic heterocycles. The third kappa shape index (κ3) is 5.45. The van der Waals surface area contributed by atoms with E-state index >= 15 is 0 Å². The normalized spacial score (nSPS) is 10.3. The van der Waals surface area contributed by atoms with Gasteiger partial charge in [-0.25, -0.2) is 0 Å². The number of hydrogen-bond donors (Lipinski definition) is 2. The smallest absolute Gasteiger partial charge is 0.262 e. The van der Waals surface area contributed by atoms with Crippen LogP contribution >= 0.6 is 15.9 Å². The number of hydrogen-bond acceptors (Lipinski definition) is 3. The maximum Gasteiger partial charge on any atom is 0.262 e. The molecule has 0 aliphatic carbocycles. The molecule has 2 amide bonds. The van der Waals surface area contributed by atoms with Crippen LogP contribution in [-0.4, -0.2) is 18.4 Å². The highest BCUT2D eigenvalue weighted by molar-refractivity contribution is 9.10. The summed E-state index contributed by atoms with van der Waals surface area (Å²) in [6.07, 6.45) is 0. The molecule has 3 rings (SSSR count). The lowest BCUT2D eigenvalue weighted by Gasteiger charge is -2.13. The molecule has 0 atom stereocenters. The molecular formula is C23H21BrN2O3. The number of aryl methyl sites for hydroxylation is 2. The van der Waals surface area contributed by atoms with Gasteiger partial charge in [-0.3, -0.25) is 9.59 Å². The first-order chi connectivity index (χ1) is 13.9. The second-order valence-corrected chi connectivity index (χ2v) is 7.42. The first-order valence-electron chi connectivity index (χ1n) is 9.09. The predicted octanol–water partition coefficient (Wildman–Crippen LogP) is 5.34. The Morgan fingerprint density at radius 3 is 2.31 bits per heavy atom. The summed E-state index contributed by atoms with van der Waals surface area (Å²) in [6.45, 7) is 3.77. The fourth-order valence-corrected chi connectivity index (χ4v) is 3.26. The van der Waals surface area contributed by atoms with Crippen molar-refractivity contribution in [1.82, 2.24) is 0 Å². The molecule has 0 saturated heterocycles. The van der Waals surface area contributed by atoms with Crippen molar-refractivity contribution in [3.8, 4) is 5.75 Å². The van der Waals surface area contributed by atoms with Gasteiger partial charge in [0, 0.05) is 10.2 Å². The van der Waals surface area contributed by atoms with Gasteiger partial charge < -0.3 is 15.4 Å². The van der Waals surface area contributed by atoms with E-state index in [1.165, 1.54) is 0 Å². The number of carbonyl (C=O) groups excluding carboxylic acids is 2. The summed E-state index contributed by atoms with van der Waals surface area (Å²) >= 11 is 3.46. The van der Waals surface area contributed by atoms with E-state index in [-0.39, 0.29) is 18.4 Å². The van der Waals surface area contributed by atoms with Crippen molar-refractivity contribution in [3.63, 3.8) is 0 Å². The monoisotopic (exact) mass is 452 g/mol. The number of halogens is 1. The van der Waals surface area contributed by atoms with Crippen LogP contribution in [0.4, 0.5) is 11.4 Å². The Morgan fingerprint density at radius 1 is 0.897 bits per heavy atom. The Morgan fingerprint density at radius 2 is 1.55 bits per heavy atom. The maximum atomic E-state index is 12.6. The number of ether oxygens (including phenoxy) is 1. The summed E-state index contributed by atoms with van der Waals surface area (Å²) in [4.78, 5) is 24.9. The summed E-state index contributed by atoms with van der Waals surface area (Å²) in [5.74, 6) is -0.272. The molecule has 0 heterocycles. The zero-order valence-electron chi connectivity index (χ0n) is 16.2. The molecule has 2 N–H and O–H groups in total. The zero-order valence-corrected chi connectivity index (χ0v) is 17.7. The first kappa shape index (κ1) is 20.6. The Kier molecular flexibility index (Phi) is 6.67. The number of rotatable bonds is 6. The number of anilines is 2. The lowest BCUT2D eigenvalue weighted by Crippen LogP contribution is -2.22. The van der Waals surface area contributed by atoms with Crippen LogP contribution in [0.3, 0.4) is 0 Å². The summed E-state index contributed by atoms with van der Waals surface area (Å²) in [6, 6.07) is 19.8. The predicted molar refractivity (Wildman–Crippen MR) is 119 cm³/mol. The van der Waals surface area contributed by atoms with Gasteiger partial charge in [0.05, 0.1) is 11.3 Å². The number of para-hydroxylation sites is 2. The minimum absolute atomic E-state index is 0.213.